The summed E-state index contributed by atoms with van der Waals surface area (Å²) < 4.78 is 8.54. The maximum Gasteiger partial charge on any atom is 0.119 e. The fourth-order valence-electron chi connectivity index (χ4n) is 9.50. The normalized spacial score (nSPS) is 15.1. The minimum atomic E-state index is -0.507. The smallest absolute Gasteiger partial charge is 0.119 e. The van der Waals surface area contributed by atoms with Gasteiger partial charge in [0.05, 0.1) is 12.0 Å². The molecule has 2 aliphatic rings. The van der Waals surface area contributed by atoms with Crippen molar-refractivity contribution in [2.75, 3.05) is 6.61 Å². The van der Waals surface area contributed by atoms with E-state index in [1.54, 1.807) is 5.56 Å². The molecule has 1 unspecified atom stereocenters. The standard InChI is InChI=1S/C50H56Br2O/c1-5-8-10-14-29-49(30-15-11-9-6-2)45-17-13-12-16-41(45)42-25-20-37(32-46(42)49)50(36-18-23-40(24-19-36)53-31-28-35(4)7-3)47-33-38(51)21-26-43(47)44-27-22-39(52)34-48(44)50/h12-13,16-27,32-35H,5-11,14-15,28-31H2,1-4H3. The highest BCUT2D eigenvalue weighted by atomic mass is 79.9. The van der Waals surface area contributed by atoms with Gasteiger partial charge in [-0.2, -0.15) is 0 Å². The first-order chi connectivity index (χ1) is 25.9. The lowest BCUT2D eigenvalue weighted by atomic mass is 9.65. The van der Waals surface area contributed by atoms with Gasteiger partial charge in [-0.05, 0) is 117 Å². The minimum absolute atomic E-state index is 0.0107. The van der Waals surface area contributed by atoms with Crippen LogP contribution in [0, 0.1) is 5.92 Å². The Balaban J connectivity index is 1.44. The van der Waals surface area contributed by atoms with Gasteiger partial charge in [0.25, 0.3) is 0 Å². The first kappa shape index (κ1) is 38.1. The summed E-state index contributed by atoms with van der Waals surface area (Å²) >= 11 is 7.84. The third kappa shape index (κ3) is 7.11. The molecule has 1 nitrogen and oxygen atoms in total. The van der Waals surface area contributed by atoms with E-state index in [0.717, 1.165) is 27.7 Å². The van der Waals surface area contributed by atoms with E-state index in [-0.39, 0.29) is 5.41 Å². The van der Waals surface area contributed by atoms with Crippen LogP contribution in [0.5, 0.6) is 5.75 Å². The van der Waals surface area contributed by atoms with Crippen LogP contribution < -0.4 is 4.74 Å². The highest BCUT2D eigenvalue weighted by molar-refractivity contribution is 9.10. The van der Waals surface area contributed by atoms with Gasteiger partial charge in [-0.3, -0.25) is 0 Å². The fraction of sp³-hybridized carbons (Fsp3) is 0.400. The van der Waals surface area contributed by atoms with Gasteiger partial charge in [0.15, 0.2) is 0 Å². The molecule has 1 atom stereocenters. The minimum Gasteiger partial charge on any atom is -0.494 e. The van der Waals surface area contributed by atoms with Crippen LogP contribution in [0.2, 0.25) is 0 Å². The van der Waals surface area contributed by atoms with Gasteiger partial charge in [-0.1, -0.05) is 184 Å². The van der Waals surface area contributed by atoms with Crippen LogP contribution in [0.1, 0.15) is 138 Å². The quantitative estimate of drug-likeness (QED) is 0.0832. The Morgan fingerprint density at radius 1 is 0.547 bits per heavy atom. The number of rotatable bonds is 17. The van der Waals surface area contributed by atoms with Gasteiger partial charge in [-0.15, -0.1) is 0 Å². The molecule has 2 aliphatic carbocycles. The molecule has 0 aliphatic heterocycles. The van der Waals surface area contributed by atoms with Crippen molar-refractivity contribution in [3.05, 3.63) is 145 Å². The van der Waals surface area contributed by atoms with E-state index in [9.17, 15) is 0 Å². The van der Waals surface area contributed by atoms with Crippen molar-refractivity contribution < 1.29 is 4.74 Å². The average Bonchev–Trinajstić information content (AvgIpc) is 3.61. The topological polar surface area (TPSA) is 9.23 Å². The summed E-state index contributed by atoms with van der Waals surface area (Å²) in [5.41, 5.74) is 13.3. The molecular weight excluding hydrogens is 776 g/mol. The highest BCUT2D eigenvalue weighted by Gasteiger charge is 2.49. The van der Waals surface area contributed by atoms with E-state index in [1.165, 1.54) is 121 Å². The second-order valence-electron chi connectivity index (χ2n) is 15.8. The molecule has 0 amide bonds. The van der Waals surface area contributed by atoms with Gasteiger partial charge < -0.3 is 4.74 Å². The molecule has 0 saturated carbocycles. The fourth-order valence-corrected chi connectivity index (χ4v) is 10.2. The van der Waals surface area contributed by atoms with Crippen molar-refractivity contribution in [2.45, 2.75) is 116 Å². The molecule has 53 heavy (non-hydrogen) atoms. The number of fused-ring (bicyclic) bond motifs is 6. The number of ether oxygens (including phenoxy) is 1. The molecule has 0 bridgehead atoms. The van der Waals surface area contributed by atoms with Crippen molar-refractivity contribution >= 4 is 31.9 Å². The van der Waals surface area contributed by atoms with Gasteiger partial charge in [-0.25, -0.2) is 0 Å². The Bertz CT molecular complexity index is 1960. The van der Waals surface area contributed by atoms with Crippen LogP contribution in [0.4, 0.5) is 0 Å². The molecule has 0 N–H and O–H groups in total. The summed E-state index contributed by atoms with van der Waals surface area (Å²) in [4.78, 5) is 0. The third-order valence-corrected chi connectivity index (χ3v) is 13.5. The van der Waals surface area contributed by atoms with Crippen molar-refractivity contribution in [1.82, 2.24) is 0 Å². The zero-order valence-corrected chi connectivity index (χ0v) is 35.4. The molecule has 0 saturated heterocycles. The summed E-state index contributed by atoms with van der Waals surface area (Å²) in [5.74, 6) is 1.61. The van der Waals surface area contributed by atoms with Crippen LogP contribution in [0.3, 0.4) is 0 Å². The zero-order chi connectivity index (χ0) is 37.0. The zero-order valence-electron chi connectivity index (χ0n) is 32.2. The summed E-state index contributed by atoms with van der Waals surface area (Å²) in [6.45, 7) is 9.96. The Morgan fingerprint density at radius 2 is 1.09 bits per heavy atom. The Kier molecular flexibility index (Phi) is 12.0. The summed E-state index contributed by atoms with van der Waals surface area (Å²) in [7, 11) is 0. The first-order valence-electron chi connectivity index (χ1n) is 20.5. The lowest BCUT2D eigenvalue weighted by molar-refractivity contribution is 0.281. The second kappa shape index (κ2) is 16.7. The van der Waals surface area contributed by atoms with Gasteiger partial charge in [0.2, 0.25) is 0 Å². The van der Waals surface area contributed by atoms with E-state index in [2.05, 4.69) is 163 Å². The average molecular weight is 833 g/mol. The Labute approximate surface area is 336 Å². The largest absolute Gasteiger partial charge is 0.494 e. The first-order valence-corrected chi connectivity index (χ1v) is 22.0. The molecular formula is C50H56Br2O. The van der Waals surface area contributed by atoms with Crippen molar-refractivity contribution in [1.29, 1.82) is 0 Å². The lowest BCUT2D eigenvalue weighted by Gasteiger charge is -2.37. The molecule has 0 spiro atoms. The van der Waals surface area contributed by atoms with Crippen LogP contribution in [-0.2, 0) is 10.8 Å². The summed E-state index contributed by atoms with van der Waals surface area (Å²) in [6, 6.07) is 39.8. The van der Waals surface area contributed by atoms with Gasteiger partial charge in [0, 0.05) is 14.4 Å². The molecule has 7 rings (SSSR count). The molecule has 3 heteroatoms. The van der Waals surface area contributed by atoms with Crippen LogP contribution in [0.15, 0.2) is 112 Å². The van der Waals surface area contributed by atoms with Crippen molar-refractivity contribution in [3.63, 3.8) is 0 Å². The van der Waals surface area contributed by atoms with E-state index >= 15 is 0 Å². The molecule has 0 radical (unpaired) electrons. The van der Waals surface area contributed by atoms with Crippen molar-refractivity contribution in [3.8, 4) is 28.0 Å². The van der Waals surface area contributed by atoms with Crippen LogP contribution in [-0.4, -0.2) is 6.61 Å². The van der Waals surface area contributed by atoms with Crippen molar-refractivity contribution in [2.24, 2.45) is 5.92 Å². The third-order valence-electron chi connectivity index (χ3n) is 12.5. The molecule has 5 aromatic rings. The number of halogens is 2. The predicted molar refractivity (Wildman–Crippen MR) is 232 cm³/mol. The Hall–Kier alpha value is -3.14. The Morgan fingerprint density at radius 3 is 1.70 bits per heavy atom. The lowest BCUT2D eigenvalue weighted by Crippen LogP contribution is -2.30. The molecule has 276 valence electrons. The SMILES string of the molecule is CCCCCCC1(CCCCCC)c2ccccc2-c2ccc(C3(c4ccc(OCCC(C)CC)cc4)c4cc(Br)ccc4-c4ccc(Br)cc43)cc21. The molecule has 0 aromatic heterocycles. The van der Waals surface area contributed by atoms with E-state index in [0.29, 0.717) is 5.92 Å². The summed E-state index contributed by atoms with van der Waals surface area (Å²) in [5, 5.41) is 0. The monoisotopic (exact) mass is 830 g/mol. The van der Waals surface area contributed by atoms with Gasteiger partial charge >= 0.3 is 0 Å². The number of hydrogen-bond acceptors (Lipinski definition) is 1. The highest BCUT2D eigenvalue weighted by Crippen LogP contribution is 2.60. The number of benzene rings is 5. The number of unbranched alkanes of at least 4 members (excludes halogenated alkanes) is 6. The van der Waals surface area contributed by atoms with E-state index < -0.39 is 5.41 Å². The van der Waals surface area contributed by atoms with E-state index in [1.807, 2.05) is 0 Å². The van der Waals surface area contributed by atoms with E-state index in [4.69, 9.17) is 4.74 Å². The molecule has 5 aromatic carbocycles. The maximum atomic E-state index is 6.33. The molecule has 0 heterocycles. The summed E-state index contributed by atoms with van der Waals surface area (Å²) in [6.07, 6.45) is 14.9. The maximum absolute atomic E-state index is 6.33. The number of hydrogen-bond donors (Lipinski definition) is 0. The second-order valence-corrected chi connectivity index (χ2v) is 17.6. The van der Waals surface area contributed by atoms with Crippen LogP contribution >= 0.6 is 31.9 Å². The van der Waals surface area contributed by atoms with Crippen LogP contribution in [0.25, 0.3) is 22.3 Å². The predicted octanol–water partition coefficient (Wildman–Crippen LogP) is 15.6. The van der Waals surface area contributed by atoms with Gasteiger partial charge in [0.1, 0.15) is 5.75 Å². The molecule has 0 fully saturated rings.